The Bertz CT molecular complexity index is 326. The van der Waals surface area contributed by atoms with Crippen LogP contribution in [-0.2, 0) is 13.0 Å². The van der Waals surface area contributed by atoms with Crippen LogP contribution in [0.5, 0.6) is 0 Å². The molecule has 1 heterocycles. The van der Waals surface area contributed by atoms with E-state index in [4.69, 9.17) is 5.73 Å². The average Bonchev–Trinajstić information content (AvgIpc) is 2.42. The topological polar surface area (TPSA) is 43.8 Å². The minimum Gasteiger partial charge on any atom is -0.327 e. The third-order valence-electron chi connectivity index (χ3n) is 3.49. The number of aryl methyl sites for hydroxylation is 2. The van der Waals surface area contributed by atoms with Gasteiger partial charge in [0.1, 0.15) is 0 Å². The molecule has 1 saturated carbocycles. The lowest BCUT2D eigenvalue weighted by Crippen LogP contribution is -2.36. The summed E-state index contributed by atoms with van der Waals surface area (Å²) in [4.78, 5) is 0. The second-order valence-corrected chi connectivity index (χ2v) is 4.65. The third kappa shape index (κ3) is 2.23. The van der Waals surface area contributed by atoms with Crippen molar-refractivity contribution < 1.29 is 0 Å². The standard InChI is InChI=1S/C12H21N3/c1-3-15-11(7-9(2)14-15)8-12(13)10-5-4-6-10/h7,10,12H,3-6,8,13H2,1-2H3. The Hall–Kier alpha value is -0.830. The van der Waals surface area contributed by atoms with Crippen LogP contribution >= 0.6 is 0 Å². The van der Waals surface area contributed by atoms with Crippen molar-refractivity contribution in [2.75, 3.05) is 0 Å². The fourth-order valence-electron chi connectivity index (χ4n) is 2.31. The molecule has 0 radical (unpaired) electrons. The van der Waals surface area contributed by atoms with Crippen molar-refractivity contribution >= 4 is 0 Å². The summed E-state index contributed by atoms with van der Waals surface area (Å²) in [6.45, 7) is 5.12. The molecule has 84 valence electrons. The number of hydrogen-bond donors (Lipinski definition) is 1. The molecule has 1 aromatic rings. The Kier molecular flexibility index (Phi) is 3.10. The van der Waals surface area contributed by atoms with Crippen LogP contribution in [0.3, 0.4) is 0 Å². The van der Waals surface area contributed by atoms with Gasteiger partial charge in [0.2, 0.25) is 0 Å². The first-order chi connectivity index (χ1) is 7.20. The van der Waals surface area contributed by atoms with Gasteiger partial charge in [0.25, 0.3) is 0 Å². The normalized spacial score (nSPS) is 18.9. The molecular formula is C12H21N3. The van der Waals surface area contributed by atoms with Crippen LogP contribution in [0.25, 0.3) is 0 Å². The highest BCUT2D eigenvalue weighted by Gasteiger charge is 2.25. The minimum atomic E-state index is 0.333. The van der Waals surface area contributed by atoms with E-state index in [1.807, 2.05) is 6.92 Å². The van der Waals surface area contributed by atoms with Crippen LogP contribution in [0, 0.1) is 12.8 Å². The van der Waals surface area contributed by atoms with Crippen LogP contribution in [0.2, 0.25) is 0 Å². The zero-order valence-electron chi connectivity index (χ0n) is 9.74. The highest BCUT2D eigenvalue weighted by atomic mass is 15.3. The first-order valence-corrected chi connectivity index (χ1v) is 5.99. The van der Waals surface area contributed by atoms with E-state index in [0.717, 1.165) is 24.6 Å². The molecule has 1 atom stereocenters. The van der Waals surface area contributed by atoms with Crippen molar-refractivity contribution in [1.82, 2.24) is 9.78 Å². The van der Waals surface area contributed by atoms with Gasteiger partial charge in [-0.25, -0.2) is 0 Å². The monoisotopic (exact) mass is 207 g/mol. The fraction of sp³-hybridized carbons (Fsp3) is 0.750. The predicted molar refractivity (Wildman–Crippen MR) is 61.7 cm³/mol. The van der Waals surface area contributed by atoms with Crippen LogP contribution < -0.4 is 5.73 Å². The van der Waals surface area contributed by atoms with Crippen molar-refractivity contribution in [3.8, 4) is 0 Å². The van der Waals surface area contributed by atoms with E-state index in [2.05, 4.69) is 22.8 Å². The molecule has 1 aromatic heterocycles. The quantitative estimate of drug-likeness (QED) is 0.819. The lowest BCUT2D eigenvalue weighted by molar-refractivity contribution is 0.258. The van der Waals surface area contributed by atoms with E-state index in [-0.39, 0.29) is 0 Å². The molecule has 0 amide bonds. The number of hydrogen-bond acceptors (Lipinski definition) is 2. The molecule has 3 heteroatoms. The zero-order chi connectivity index (χ0) is 10.8. The van der Waals surface area contributed by atoms with Crippen LogP contribution in [0.1, 0.15) is 37.6 Å². The Morgan fingerprint density at radius 1 is 1.60 bits per heavy atom. The Labute approximate surface area is 91.7 Å². The number of nitrogens with zero attached hydrogens (tertiary/aromatic N) is 2. The van der Waals surface area contributed by atoms with Crippen LogP contribution in [-0.4, -0.2) is 15.8 Å². The van der Waals surface area contributed by atoms with Crippen molar-refractivity contribution in [2.24, 2.45) is 11.7 Å². The Balaban J connectivity index is 2.01. The Morgan fingerprint density at radius 2 is 2.33 bits per heavy atom. The highest BCUT2D eigenvalue weighted by molar-refractivity contribution is 5.11. The Morgan fingerprint density at radius 3 is 2.87 bits per heavy atom. The first kappa shape index (κ1) is 10.7. The van der Waals surface area contributed by atoms with Gasteiger partial charge in [-0.05, 0) is 38.7 Å². The second-order valence-electron chi connectivity index (χ2n) is 4.65. The molecule has 1 fully saturated rings. The predicted octanol–water partition coefficient (Wildman–Crippen LogP) is 1.88. The summed E-state index contributed by atoms with van der Waals surface area (Å²) in [6.07, 6.45) is 4.99. The summed E-state index contributed by atoms with van der Waals surface area (Å²) in [7, 11) is 0. The minimum absolute atomic E-state index is 0.333. The molecule has 0 saturated heterocycles. The maximum absolute atomic E-state index is 6.20. The van der Waals surface area contributed by atoms with Crippen LogP contribution in [0.15, 0.2) is 6.07 Å². The van der Waals surface area contributed by atoms with Crippen LogP contribution in [0.4, 0.5) is 0 Å². The van der Waals surface area contributed by atoms with Gasteiger partial charge < -0.3 is 5.73 Å². The van der Waals surface area contributed by atoms with E-state index in [0.29, 0.717) is 6.04 Å². The SMILES string of the molecule is CCn1nc(C)cc1CC(N)C1CCC1. The maximum atomic E-state index is 6.20. The molecule has 0 aliphatic heterocycles. The van der Waals surface area contributed by atoms with Crippen molar-refractivity contribution in [3.63, 3.8) is 0 Å². The summed E-state index contributed by atoms with van der Waals surface area (Å²) >= 11 is 0. The van der Waals surface area contributed by atoms with Crippen molar-refractivity contribution in [3.05, 3.63) is 17.5 Å². The molecule has 1 unspecified atom stereocenters. The van der Waals surface area contributed by atoms with Gasteiger partial charge in [-0.2, -0.15) is 5.10 Å². The maximum Gasteiger partial charge on any atom is 0.0596 e. The fourth-order valence-corrected chi connectivity index (χ4v) is 2.31. The molecule has 2 rings (SSSR count). The summed E-state index contributed by atoms with van der Waals surface area (Å²) in [5, 5.41) is 4.45. The lowest BCUT2D eigenvalue weighted by atomic mass is 9.78. The van der Waals surface area contributed by atoms with E-state index in [1.54, 1.807) is 0 Å². The molecule has 1 aliphatic rings. The zero-order valence-corrected chi connectivity index (χ0v) is 9.74. The largest absolute Gasteiger partial charge is 0.327 e. The van der Waals surface area contributed by atoms with Gasteiger partial charge in [-0.1, -0.05) is 6.42 Å². The molecule has 2 N–H and O–H groups in total. The number of aromatic nitrogens is 2. The van der Waals surface area contributed by atoms with Gasteiger partial charge in [-0.15, -0.1) is 0 Å². The molecule has 0 bridgehead atoms. The molecule has 0 spiro atoms. The molecule has 3 nitrogen and oxygen atoms in total. The average molecular weight is 207 g/mol. The molecule has 15 heavy (non-hydrogen) atoms. The lowest BCUT2D eigenvalue weighted by Gasteiger charge is -2.31. The van der Waals surface area contributed by atoms with Crippen molar-refractivity contribution in [1.29, 1.82) is 0 Å². The highest BCUT2D eigenvalue weighted by Crippen LogP contribution is 2.30. The van der Waals surface area contributed by atoms with Gasteiger partial charge in [0.05, 0.1) is 5.69 Å². The number of rotatable bonds is 4. The van der Waals surface area contributed by atoms with E-state index < -0.39 is 0 Å². The van der Waals surface area contributed by atoms with Gasteiger partial charge >= 0.3 is 0 Å². The molecule has 0 aromatic carbocycles. The molecular weight excluding hydrogens is 186 g/mol. The summed E-state index contributed by atoms with van der Waals surface area (Å²) in [6, 6.07) is 2.50. The van der Waals surface area contributed by atoms with Gasteiger partial charge in [-0.3, -0.25) is 4.68 Å². The number of nitrogens with two attached hydrogens (primary N) is 1. The molecule has 1 aliphatic carbocycles. The first-order valence-electron chi connectivity index (χ1n) is 5.99. The van der Waals surface area contributed by atoms with Crippen molar-refractivity contribution in [2.45, 2.75) is 52.1 Å². The summed E-state index contributed by atoms with van der Waals surface area (Å²) in [5.41, 5.74) is 8.61. The van der Waals surface area contributed by atoms with E-state index in [1.165, 1.54) is 25.0 Å². The van der Waals surface area contributed by atoms with Gasteiger partial charge in [0, 0.05) is 24.7 Å². The summed E-state index contributed by atoms with van der Waals surface area (Å²) in [5.74, 6) is 0.755. The summed E-state index contributed by atoms with van der Waals surface area (Å²) < 4.78 is 2.08. The van der Waals surface area contributed by atoms with Gasteiger partial charge in [0.15, 0.2) is 0 Å². The third-order valence-corrected chi connectivity index (χ3v) is 3.49. The van der Waals surface area contributed by atoms with E-state index >= 15 is 0 Å². The smallest absolute Gasteiger partial charge is 0.0596 e. The van der Waals surface area contributed by atoms with E-state index in [9.17, 15) is 0 Å². The second kappa shape index (κ2) is 4.35.